The van der Waals surface area contributed by atoms with Gasteiger partial charge in [0.1, 0.15) is 15.6 Å². The first-order chi connectivity index (χ1) is 12.7. The summed E-state index contributed by atoms with van der Waals surface area (Å²) in [7, 11) is -8.09. The molecule has 0 saturated heterocycles. The van der Waals surface area contributed by atoms with Gasteiger partial charge in [-0.3, -0.25) is 0 Å². The minimum absolute atomic E-state index is 0.129. The van der Waals surface area contributed by atoms with Crippen LogP contribution in [0.2, 0.25) is 5.02 Å². The Kier molecular flexibility index (Phi) is 6.08. The van der Waals surface area contributed by atoms with E-state index in [2.05, 4.69) is 22.5 Å². The molecule has 0 aliphatic carbocycles. The molecule has 0 bridgehead atoms. The number of hydrogen-bond donors (Lipinski definition) is 3. The number of fused-ring (bicyclic) bond motifs is 1. The SMILES string of the molecule is O=S1(=O)N=C(CSCc2ccccc2)Nc2cc(Cl)c(S(=O)(=O)NS)cc21. The molecule has 2 aromatic carbocycles. The highest BCUT2D eigenvalue weighted by atomic mass is 35.5. The van der Waals surface area contributed by atoms with Gasteiger partial charge in [0.05, 0.1) is 16.5 Å². The van der Waals surface area contributed by atoms with Crippen LogP contribution in [-0.4, -0.2) is 28.4 Å². The molecule has 1 heterocycles. The zero-order chi connectivity index (χ0) is 19.7. The van der Waals surface area contributed by atoms with E-state index >= 15 is 0 Å². The van der Waals surface area contributed by atoms with Crippen molar-refractivity contribution in [3.63, 3.8) is 0 Å². The number of benzene rings is 2. The Labute approximate surface area is 172 Å². The molecule has 0 saturated carbocycles. The topological polar surface area (TPSA) is 105 Å². The molecule has 1 aliphatic rings. The van der Waals surface area contributed by atoms with E-state index in [9.17, 15) is 16.8 Å². The van der Waals surface area contributed by atoms with Crippen LogP contribution in [0.3, 0.4) is 0 Å². The van der Waals surface area contributed by atoms with Crippen LogP contribution < -0.4 is 9.44 Å². The van der Waals surface area contributed by atoms with E-state index in [1.54, 1.807) is 0 Å². The van der Waals surface area contributed by atoms with Crippen molar-refractivity contribution in [2.75, 3.05) is 11.1 Å². The van der Waals surface area contributed by atoms with Crippen molar-refractivity contribution in [3.05, 3.63) is 53.1 Å². The van der Waals surface area contributed by atoms with Gasteiger partial charge in [-0.1, -0.05) is 54.7 Å². The lowest BCUT2D eigenvalue weighted by Crippen LogP contribution is -2.24. The van der Waals surface area contributed by atoms with E-state index in [0.717, 1.165) is 11.6 Å². The molecule has 0 unspecified atom stereocenters. The number of rotatable bonds is 6. The molecule has 0 radical (unpaired) electrons. The van der Waals surface area contributed by atoms with E-state index in [0.29, 0.717) is 11.5 Å². The van der Waals surface area contributed by atoms with Crippen molar-refractivity contribution >= 4 is 67.7 Å². The largest absolute Gasteiger partial charge is 0.341 e. The molecule has 1 aliphatic heterocycles. The summed E-state index contributed by atoms with van der Waals surface area (Å²) < 4.78 is 54.4. The summed E-state index contributed by atoms with van der Waals surface area (Å²) in [5.41, 5.74) is 1.29. The van der Waals surface area contributed by atoms with Gasteiger partial charge in [0.25, 0.3) is 20.0 Å². The molecule has 3 rings (SSSR count). The molecule has 0 amide bonds. The second-order valence-electron chi connectivity index (χ2n) is 5.49. The highest BCUT2D eigenvalue weighted by Crippen LogP contribution is 2.35. The van der Waals surface area contributed by atoms with Gasteiger partial charge >= 0.3 is 0 Å². The van der Waals surface area contributed by atoms with E-state index in [-0.39, 0.29) is 26.3 Å². The zero-order valence-electron chi connectivity index (χ0n) is 13.6. The fourth-order valence-corrected chi connectivity index (χ4v) is 6.00. The Bertz CT molecular complexity index is 1100. The van der Waals surface area contributed by atoms with Crippen LogP contribution in [-0.2, 0) is 25.8 Å². The normalized spacial score (nSPS) is 15.6. The van der Waals surface area contributed by atoms with Gasteiger partial charge in [-0.05, 0) is 17.7 Å². The molecule has 12 heteroatoms. The third-order valence-electron chi connectivity index (χ3n) is 3.58. The Balaban J connectivity index is 1.84. The van der Waals surface area contributed by atoms with Crippen LogP contribution in [0.5, 0.6) is 0 Å². The van der Waals surface area contributed by atoms with Crippen molar-refractivity contribution in [2.24, 2.45) is 4.40 Å². The minimum atomic E-state index is -4.06. The molecule has 0 atom stereocenters. The van der Waals surface area contributed by atoms with Crippen LogP contribution >= 0.6 is 36.2 Å². The standard InChI is InChI=1S/C15H14ClN3O4S4/c16-11-6-12-14(7-13(11)27(22,23)19-24)26(20,21)18-15(17-12)9-25-8-10-4-2-1-3-5-10/h1-7,19,24H,8-9H2,(H,17,18). The molecular formula is C15H14ClN3O4S4. The summed E-state index contributed by atoms with van der Waals surface area (Å²) in [4.78, 5) is -0.647. The number of sulfonamides is 2. The average molecular weight is 464 g/mol. The van der Waals surface area contributed by atoms with Gasteiger partial charge in [-0.15, -0.1) is 16.2 Å². The van der Waals surface area contributed by atoms with Gasteiger partial charge in [0.15, 0.2) is 0 Å². The lowest BCUT2D eigenvalue weighted by molar-refractivity contribution is 0.594. The van der Waals surface area contributed by atoms with Crippen molar-refractivity contribution in [1.82, 2.24) is 4.13 Å². The molecule has 2 N–H and O–H groups in total. The Morgan fingerprint density at radius 3 is 2.56 bits per heavy atom. The number of halogens is 1. The number of hydrogen-bond acceptors (Lipinski definition) is 7. The van der Waals surface area contributed by atoms with Gasteiger partial charge in [0.2, 0.25) is 0 Å². The third-order valence-corrected chi connectivity index (χ3v) is 8.25. The maximum absolute atomic E-state index is 12.5. The number of thiol groups is 1. The first-order valence-corrected chi connectivity index (χ1v) is 12.4. The van der Waals surface area contributed by atoms with Crippen LogP contribution in [0.4, 0.5) is 5.69 Å². The molecule has 0 spiro atoms. The Hall–Kier alpha value is -1.24. The fraction of sp³-hybridized carbons (Fsp3) is 0.133. The summed E-state index contributed by atoms with van der Waals surface area (Å²) in [6.07, 6.45) is 0. The summed E-state index contributed by atoms with van der Waals surface area (Å²) in [6, 6.07) is 12.0. The smallest absolute Gasteiger partial charge is 0.286 e. The van der Waals surface area contributed by atoms with Crippen LogP contribution in [0.25, 0.3) is 0 Å². The van der Waals surface area contributed by atoms with Gasteiger partial charge < -0.3 is 5.32 Å². The van der Waals surface area contributed by atoms with Gasteiger partial charge in [-0.2, -0.15) is 12.5 Å². The molecule has 27 heavy (non-hydrogen) atoms. The summed E-state index contributed by atoms with van der Waals surface area (Å²) in [6.45, 7) is 0. The third kappa shape index (κ3) is 4.61. The van der Waals surface area contributed by atoms with Crippen molar-refractivity contribution in [2.45, 2.75) is 15.5 Å². The Morgan fingerprint density at radius 1 is 1.19 bits per heavy atom. The molecule has 144 valence electrons. The second-order valence-corrected chi connectivity index (χ2v) is 10.6. The summed E-state index contributed by atoms with van der Waals surface area (Å²) >= 11 is 11.0. The van der Waals surface area contributed by atoms with Crippen LogP contribution in [0, 0.1) is 0 Å². The van der Waals surface area contributed by atoms with E-state index in [1.165, 1.54) is 17.8 Å². The van der Waals surface area contributed by atoms with Crippen LogP contribution in [0.15, 0.2) is 56.7 Å². The number of thioether (sulfide) groups is 1. The van der Waals surface area contributed by atoms with Gasteiger partial charge in [0, 0.05) is 5.75 Å². The lowest BCUT2D eigenvalue weighted by atomic mass is 10.2. The number of amidine groups is 1. The monoisotopic (exact) mass is 463 g/mol. The number of nitrogens with zero attached hydrogens (tertiary/aromatic N) is 1. The first-order valence-electron chi connectivity index (χ1n) is 7.45. The molecule has 0 fully saturated rings. The Morgan fingerprint density at radius 2 is 1.89 bits per heavy atom. The molecule has 0 aromatic heterocycles. The average Bonchev–Trinajstić information content (AvgIpc) is 2.61. The molecule has 7 nitrogen and oxygen atoms in total. The molecule has 2 aromatic rings. The minimum Gasteiger partial charge on any atom is -0.341 e. The molecular weight excluding hydrogens is 450 g/mol. The fourth-order valence-electron chi connectivity index (χ4n) is 2.38. The first kappa shape index (κ1) is 20.5. The number of anilines is 1. The van der Waals surface area contributed by atoms with Crippen molar-refractivity contribution in [1.29, 1.82) is 0 Å². The van der Waals surface area contributed by atoms with E-state index in [4.69, 9.17) is 11.6 Å². The zero-order valence-corrected chi connectivity index (χ0v) is 17.7. The van der Waals surface area contributed by atoms with Gasteiger partial charge in [-0.25, -0.2) is 8.42 Å². The predicted octanol–water partition coefficient (Wildman–Crippen LogP) is 2.91. The number of nitrogens with one attached hydrogen (secondary N) is 2. The summed E-state index contributed by atoms with van der Waals surface area (Å²) in [5, 5.41) is 2.78. The van der Waals surface area contributed by atoms with E-state index in [1.807, 2.05) is 34.5 Å². The van der Waals surface area contributed by atoms with E-state index < -0.39 is 20.0 Å². The highest BCUT2D eigenvalue weighted by molar-refractivity contribution is 8.00. The summed E-state index contributed by atoms with van der Waals surface area (Å²) in [5.74, 6) is 1.28. The lowest BCUT2D eigenvalue weighted by Gasteiger charge is -2.19. The quantitative estimate of drug-likeness (QED) is 0.569. The van der Waals surface area contributed by atoms with Crippen molar-refractivity contribution in [3.8, 4) is 0 Å². The highest BCUT2D eigenvalue weighted by Gasteiger charge is 2.29. The van der Waals surface area contributed by atoms with Crippen LogP contribution in [0.1, 0.15) is 5.56 Å². The maximum atomic E-state index is 12.5. The second kappa shape index (κ2) is 8.02. The maximum Gasteiger partial charge on any atom is 0.286 e. The van der Waals surface area contributed by atoms with Crippen molar-refractivity contribution < 1.29 is 16.8 Å². The predicted molar refractivity (Wildman–Crippen MR) is 112 cm³/mol.